The molecule has 3 rings (SSSR count). The normalized spacial score (nSPS) is 28.7. The van der Waals surface area contributed by atoms with Gasteiger partial charge in [0.05, 0.1) is 7.11 Å². The lowest BCUT2D eigenvalue weighted by molar-refractivity contribution is -0.150. The predicted molar refractivity (Wildman–Crippen MR) is 80.0 cm³/mol. The standard InChI is InChI=1S/C14H22N4O2S/c1-20-12(19)14(17-11-4-5-11)7-2-3-10(14)6-8-21-13-15-9-16-18-13/h9-11,17H,2-8H2,1H3,(H,15,16,18). The molecule has 0 aliphatic heterocycles. The van der Waals surface area contributed by atoms with Crippen LogP contribution in [-0.2, 0) is 9.53 Å². The van der Waals surface area contributed by atoms with E-state index in [0.717, 1.165) is 36.6 Å². The first kappa shape index (κ1) is 14.8. The van der Waals surface area contributed by atoms with E-state index in [-0.39, 0.29) is 5.97 Å². The Kier molecular flexibility index (Phi) is 4.49. The van der Waals surface area contributed by atoms with Crippen LogP contribution in [0.5, 0.6) is 0 Å². The number of carbonyl (C=O) groups excluding carboxylic acids is 1. The zero-order valence-electron chi connectivity index (χ0n) is 12.3. The molecule has 2 aliphatic carbocycles. The molecule has 0 amide bonds. The van der Waals surface area contributed by atoms with E-state index in [9.17, 15) is 4.79 Å². The number of nitrogens with zero attached hydrogens (tertiary/aromatic N) is 2. The maximum absolute atomic E-state index is 12.4. The number of nitrogens with one attached hydrogen (secondary N) is 2. The quantitative estimate of drug-likeness (QED) is 0.590. The minimum absolute atomic E-state index is 0.0819. The van der Waals surface area contributed by atoms with Gasteiger partial charge in [0, 0.05) is 11.8 Å². The molecule has 6 nitrogen and oxygen atoms in total. The Hall–Kier alpha value is -1.08. The van der Waals surface area contributed by atoms with Crippen LogP contribution in [0.3, 0.4) is 0 Å². The third kappa shape index (κ3) is 3.23. The maximum Gasteiger partial charge on any atom is 0.326 e. The van der Waals surface area contributed by atoms with E-state index in [4.69, 9.17) is 4.74 Å². The number of H-pyrrole nitrogens is 1. The van der Waals surface area contributed by atoms with Gasteiger partial charge < -0.3 is 4.74 Å². The number of thioether (sulfide) groups is 1. The molecular formula is C14H22N4O2S. The molecule has 116 valence electrons. The van der Waals surface area contributed by atoms with Crippen LogP contribution in [0.15, 0.2) is 11.5 Å². The highest BCUT2D eigenvalue weighted by Gasteiger charge is 2.51. The summed E-state index contributed by atoms with van der Waals surface area (Å²) >= 11 is 1.66. The number of hydrogen-bond acceptors (Lipinski definition) is 6. The molecule has 0 saturated heterocycles. The molecule has 1 aromatic heterocycles. The summed E-state index contributed by atoms with van der Waals surface area (Å²) in [6, 6.07) is 0.506. The lowest BCUT2D eigenvalue weighted by Gasteiger charge is -2.34. The Balaban J connectivity index is 1.62. The molecule has 2 atom stereocenters. The fraction of sp³-hybridized carbons (Fsp3) is 0.786. The molecule has 0 bridgehead atoms. The average molecular weight is 310 g/mol. The van der Waals surface area contributed by atoms with Crippen molar-refractivity contribution in [3.05, 3.63) is 6.33 Å². The van der Waals surface area contributed by atoms with Gasteiger partial charge in [0.2, 0.25) is 0 Å². The molecule has 2 unspecified atom stereocenters. The topological polar surface area (TPSA) is 79.9 Å². The van der Waals surface area contributed by atoms with E-state index in [2.05, 4.69) is 20.5 Å². The Bertz CT molecular complexity index is 477. The second kappa shape index (κ2) is 6.36. The molecule has 7 heteroatoms. The van der Waals surface area contributed by atoms with Crippen molar-refractivity contribution in [2.24, 2.45) is 5.92 Å². The fourth-order valence-corrected chi connectivity index (χ4v) is 4.16. The molecule has 1 heterocycles. The predicted octanol–water partition coefficient (Wildman–Crippen LogP) is 1.75. The summed E-state index contributed by atoms with van der Waals surface area (Å²) < 4.78 is 5.11. The summed E-state index contributed by atoms with van der Waals surface area (Å²) in [7, 11) is 1.50. The third-order valence-corrected chi connectivity index (χ3v) is 5.42. The van der Waals surface area contributed by atoms with Crippen molar-refractivity contribution in [1.29, 1.82) is 0 Å². The first-order valence-electron chi connectivity index (χ1n) is 7.59. The second-order valence-electron chi connectivity index (χ2n) is 5.90. The number of aromatic nitrogens is 3. The molecule has 0 radical (unpaired) electrons. The van der Waals surface area contributed by atoms with Gasteiger partial charge in [-0.05, 0) is 38.0 Å². The molecular weight excluding hydrogens is 288 g/mol. The highest BCUT2D eigenvalue weighted by Crippen LogP contribution is 2.42. The number of hydrogen-bond donors (Lipinski definition) is 2. The highest BCUT2D eigenvalue weighted by atomic mass is 32.2. The smallest absolute Gasteiger partial charge is 0.326 e. The van der Waals surface area contributed by atoms with Gasteiger partial charge in [-0.3, -0.25) is 15.2 Å². The van der Waals surface area contributed by atoms with E-state index >= 15 is 0 Å². The van der Waals surface area contributed by atoms with Gasteiger partial charge in [-0.15, -0.1) is 0 Å². The second-order valence-corrected chi connectivity index (χ2v) is 6.98. The Morgan fingerprint density at radius 1 is 1.57 bits per heavy atom. The number of ether oxygens (including phenoxy) is 1. The van der Waals surface area contributed by atoms with Crippen LogP contribution in [0.1, 0.15) is 38.5 Å². The number of aromatic amines is 1. The summed E-state index contributed by atoms with van der Waals surface area (Å²) in [4.78, 5) is 16.5. The van der Waals surface area contributed by atoms with E-state index in [1.165, 1.54) is 26.3 Å². The molecule has 2 saturated carbocycles. The van der Waals surface area contributed by atoms with Gasteiger partial charge >= 0.3 is 5.97 Å². The van der Waals surface area contributed by atoms with Gasteiger partial charge in [-0.25, -0.2) is 4.98 Å². The van der Waals surface area contributed by atoms with Crippen LogP contribution in [-0.4, -0.2) is 45.6 Å². The molecule has 1 aromatic rings. The van der Waals surface area contributed by atoms with Crippen molar-refractivity contribution in [3.8, 4) is 0 Å². The van der Waals surface area contributed by atoms with Crippen molar-refractivity contribution < 1.29 is 9.53 Å². The molecule has 2 aliphatic rings. The monoisotopic (exact) mass is 310 g/mol. The molecule has 21 heavy (non-hydrogen) atoms. The first-order chi connectivity index (χ1) is 10.2. The van der Waals surface area contributed by atoms with Crippen LogP contribution in [0.4, 0.5) is 0 Å². The maximum atomic E-state index is 12.4. The summed E-state index contributed by atoms with van der Waals surface area (Å²) in [5.74, 6) is 1.20. The molecule has 2 N–H and O–H groups in total. The average Bonchev–Trinajstić information content (AvgIpc) is 2.99. The minimum atomic E-state index is -0.460. The van der Waals surface area contributed by atoms with Crippen molar-refractivity contribution in [2.75, 3.05) is 12.9 Å². The third-order valence-electron chi connectivity index (χ3n) is 4.51. The number of carbonyl (C=O) groups is 1. The number of methoxy groups -OCH3 is 1. The molecule has 0 spiro atoms. The zero-order chi connectivity index (χ0) is 14.7. The Morgan fingerprint density at radius 3 is 3.10 bits per heavy atom. The van der Waals surface area contributed by atoms with Crippen LogP contribution < -0.4 is 5.32 Å². The first-order valence-corrected chi connectivity index (χ1v) is 8.57. The fourth-order valence-electron chi connectivity index (χ4n) is 3.32. The van der Waals surface area contributed by atoms with Crippen LogP contribution in [0.25, 0.3) is 0 Å². The minimum Gasteiger partial charge on any atom is -0.468 e. The van der Waals surface area contributed by atoms with E-state index in [1.807, 2.05) is 0 Å². The lowest BCUT2D eigenvalue weighted by atomic mass is 9.84. The zero-order valence-corrected chi connectivity index (χ0v) is 13.1. The van der Waals surface area contributed by atoms with Gasteiger partial charge in [-0.2, -0.15) is 5.10 Å². The van der Waals surface area contributed by atoms with E-state index in [0.29, 0.717) is 12.0 Å². The largest absolute Gasteiger partial charge is 0.468 e. The van der Waals surface area contributed by atoms with Crippen LogP contribution in [0, 0.1) is 5.92 Å². The lowest BCUT2D eigenvalue weighted by Crippen LogP contribution is -2.56. The number of esters is 1. The van der Waals surface area contributed by atoms with Gasteiger partial charge in [0.15, 0.2) is 5.16 Å². The SMILES string of the molecule is COC(=O)C1(NC2CC2)CCCC1CCSc1ncn[nH]1. The van der Waals surface area contributed by atoms with Gasteiger partial charge in [-0.1, -0.05) is 18.2 Å². The van der Waals surface area contributed by atoms with Crippen molar-refractivity contribution in [3.63, 3.8) is 0 Å². The van der Waals surface area contributed by atoms with E-state index < -0.39 is 5.54 Å². The van der Waals surface area contributed by atoms with Gasteiger partial charge in [0.1, 0.15) is 11.9 Å². The van der Waals surface area contributed by atoms with Crippen LogP contribution >= 0.6 is 11.8 Å². The molecule has 2 fully saturated rings. The Morgan fingerprint density at radius 2 is 2.43 bits per heavy atom. The Labute approximate surface area is 128 Å². The summed E-state index contributed by atoms with van der Waals surface area (Å²) in [5.41, 5.74) is -0.460. The highest BCUT2D eigenvalue weighted by molar-refractivity contribution is 7.99. The van der Waals surface area contributed by atoms with Crippen LogP contribution in [0.2, 0.25) is 0 Å². The van der Waals surface area contributed by atoms with Crippen molar-refractivity contribution >= 4 is 17.7 Å². The van der Waals surface area contributed by atoms with Crippen molar-refractivity contribution in [2.45, 2.75) is 55.3 Å². The summed E-state index contributed by atoms with van der Waals surface area (Å²) in [6.07, 6.45) is 7.94. The van der Waals surface area contributed by atoms with E-state index in [1.54, 1.807) is 11.8 Å². The van der Waals surface area contributed by atoms with Crippen molar-refractivity contribution in [1.82, 2.24) is 20.5 Å². The molecule has 0 aromatic carbocycles. The van der Waals surface area contributed by atoms with Gasteiger partial charge in [0.25, 0.3) is 0 Å². The summed E-state index contributed by atoms with van der Waals surface area (Å²) in [5, 5.41) is 11.1. The summed E-state index contributed by atoms with van der Waals surface area (Å²) in [6.45, 7) is 0. The number of rotatable bonds is 7.